The number of carbonyl (C=O) groups excluding carboxylic acids is 1. The van der Waals surface area contributed by atoms with E-state index < -0.39 is 0 Å². The van der Waals surface area contributed by atoms with Gasteiger partial charge in [-0.3, -0.25) is 4.79 Å². The maximum Gasteiger partial charge on any atom is 0.254 e. The Kier molecular flexibility index (Phi) is 4.30. The van der Waals surface area contributed by atoms with Crippen molar-refractivity contribution < 1.29 is 4.79 Å². The van der Waals surface area contributed by atoms with Crippen LogP contribution in [0.15, 0.2) is 48.8 Å². The predicted molar refractivity (Wildman–Crippen MR) is 146 cm³/mol. The Balaban J connectivity index is 1.28. The van der Waals surface area contributed by atoms with Crippen LogP contribution in [0, 0.1) is 5.41 Å². The smallest absolute Gasteiger partial charge is 0.254 e. The minimum Gasteiger partial charge on any atom is -0.331 e. The molecule has 192 valence electrons. The van der Waals surface area contributed by atoms with Crippen molar-refractivity contribution in [2.24, 2.45) is 11.1 Å². The molecule has 2 saturated carbocycles. The molecule has 2 N–H and O–H groups in total. The zero-order valence-corrected chi connectivity index (χ0v) is 22.1. The molecule has 4 aliphatic rings. The van der Waals surface area contributed by atoms with Gasteiger partial charge in [-0.2, -0.15) is 0 Å². The lowest BCUT2D eigenvalue weighted by atomic mass is 9.77. The van der Waals surface area contributed by atoms with E-state index in [1.165, 1.54) is 11.1 Å². The Hall–Kier alpha value is -3.58. The minimum absolute atomic E-state index is 0.0401. The molecule has 2 aliphatic carbocycles. The number of benzene rings is 2. The van der Waals surface area contributed by atoms with Crippen molar-refractivity contribution in [2.45, 2.75) is 69.5 Å². The Morgan fingerprint density at radius 2 is 1.79 bits per heavy atom. The normalized spacial score (nSPS) is 26.1. The summed E-state index contributed by atoms with van der Waals surface area (Å²) in [6.07, 6.45) is 8.84. The molecule has 0 saturated heterocycles. The highest BCUT2D eigenvalue weighted by Crippen LogP contribution is 2.61. The Morgan fingerprint density at radius 1 is 1.03 bits per heavy atom. The van der Waals surface area contributed by atoms with Gasteiger partial charge in [0, 0.05) is 37.0 Å². The monoisotopic (exact) mass is 504 g/mol. The fourth-order valence-corrected chi connectivity index (χ4v) is 7.14. The van der Waals surface area contributed by atoms with Crippen molar-refractivity contribution in [1.82, 2.24) is 24.4 Å². The molecule has 0 spiro atoms. The Labute approximate surface area is 222 Å². The summed E-state index contributed by atoms with van der Waals surface area (Å²) in [5, 5.41) is 0. The van der Waals surface area contributed by atoms with E-state index in [1.807, 2.05) is 30.4 Å². The van der Waals surface area contributed by atoms with Gasteiger partial charge >= 0.3 is 0 Å². The van der Waals surface area contributed by atoms with Crippen LogP contribution in [-0.4, -0.2) is 37.4 Å². The third kappa shape index (κ3) is 2.94. The van der Waals surface area contributed by atoms with Crippen molar-refractivity contribution in [3.8, 4) is 11.1 Å². The van der Waals surface area contributed by atoms with Crippen LogP contribution >= 0.6 is 0 Å². The van der Waals surface area contributed by atoms with Gasteiger partial charge in [0.2, 0.25) is 0 Å². The van der Waals surface area contributed by atoms with Gasteiger partial charge in [0.05, 0.1) is 28.7 Å². The van der Waals surface area contributed by atoms with E-state index in [1.54, 1.807) is 0 Å². The van der Waals surface area contributed by atoms with Crippen LogP contribution in [0.2, 0.25) is 0 Å². The topological polar surface area (TPSA) is 89.9 Å². The predicted octanol–water partition coefficient (Wildman–Crippen LogP) is 5.46. The van der Waals surface area contributed by atoms with Gasteiger partial charge in [0.25, 0.3) is 5.91 Å². The van der Waals surface area contributed by atoms with Crippen LogP contribution in [0.4, 0.5) is 0 Å². The first-order valence-corrected chi connectivity index (χ1v) is 13.8. The molecule has 38 heavy (non-hydrogen) atoms. The highest BCUT2D eigenvalue weighted by molar-refractivity contribution is 5.97. The number of fused-ring (bicyclic) bond motifs is 9. The van der Waals surface area contributed by atoms with E-state index in [0.29, 0.717) is 5.92 Å². The number of rotatable bonds is 3. The second-order valence-electron chi connectivity index (χ2n) is 12.6. The molecule has 2 aliphatic heterocycles. The summed E-state index contributed by atoms with van der Waals surface area (Å²) >= 11 is 0. The van der Waals surface area contributed by atoms with Crippen LogP contribution < -0.4 is 5.73 Å². The number of hydrogen-bond acceptors (Lipinski definition) is 5. The number of nitrogens with two attached hydrogens (primary N) is 1. The number of aromatic nitrogens is 4. The van der Waals surface area contributed by atoms with Gasteiger partial charge in [-0.1, -0.05) is 32.0 Å². The Morgan fingerprint density at radius 3 is 2.47 bits per heavy atom. The van der Waals surface area contributed by atoms with Crippen molar-refractivity contribution in [3.63, 3.8) is 0 Å². The van der Waals surface area contributed by atoms with Crippen molar-refractivity contribution in [2.75, 3.05) is 7.05 Å². The quantitative estimate of drug-likeness (QED) is 0.400. The van der Waals surface area contributed by atoms with Gasteiger partial charge in [-0.05, 0) is 71.9 Å². The average molecular weight is 505 g/mol. The summed E-state index contributed by atoms with van der Waals surface area (Å²) in [6.45, 7) is 4.66. The summed E-state index contributed by atoms with van der Waals surface area (Å²) in [6, 6.07) is 12.8. The number of amides is 1. The summed E-state index contributed by atoms with van der Waals surface area (Å²) < 4.78 is 2.41. The number of imidazole rings is 1. The molecule has 2 aromatic carbocycles. The fraction of sp³-hybridized carbons (Fsp3) is 0.419. The number of carbonyl (C=O) groups is 1. The highest BCUT2D eigenvalue weighted by Gasteiger charge is 2.51. The Bertz CT molecular complexity index is 1650. The molecule has 2 aromatic heterocycles. The van der Waals surface area contributed by atoms with Gasteiger partial charge < -0.3 is 15.2 Å². The number of hydrogen-bond donors (Lipinski definition) is 1. The van der Waals surface area contributed by atoms with E-state index in [9.17, 15) is 4.79 Å². The SMILES string of the molecule is CN1C(=O)c2cccc(C3CC3(C)C)c2[C@H]2C[C@@H]1c1nc3ccc(-c4cnc(C5(N)CCC5)nc4)cc3n12. The molecular formula is C31H32N6O. The van der Waals surface area contributed by atoms with Crippen LogP contribution in [0.1, 0.15) is 97.1 Å². The molecule has 3 atom stereocenters. The molecule has 7 heteroatoms. The van der Waals surface area contributed by atoms with Crippen LogP contribution in [0.3, 0.4) is 0 Å². The van der Waals surface area contributed by atoms with Crippen LogP contribution in [-0.2, 0) is 5.54 Å². The van der Waals surface area contributed by atoms with Crippen LogP contribution in [0.5, 0.6) is 0 Å². The average Bonchev–Trinajstić information content (AvgIpc) is 3.24. The first-order valence-electron chi connectivity index (χ1n) is 13.8. The largest absolute Gasteiger partial charge is 0.331 e. The van der Waals surface area contributed by atoms with Gasteiger partial charge in [-0.15, -0.1) is 0 Å². The summed E-state index contributed by atoms with van der Waals surface area (Å²) in [4.78, 5) is 29.9. The highest BCUT2D eigenvalue weighted by atomic mass is 16.2. The summed E-state index contributed by atoms with van der Waals surface area (Å²) in [5.41, 5.74) is 13.8. The molecule has 7 nitrogen and oxygen atoms in total. The summed E-state index contributed by atoms with van der Waals surface area (Å²) in [7, 11) is 1.93. The lowest BCUT2D eigenvalue weighted by Crippen LogP contribution is -2.44. The molecule has 1 unspecified atom stereocenters. The molecule has 0 radical (unpaired) electrons. The maximum atomic E-state index is 13.6. The lowest BCUT2D eigenvalue weighted by molar-refractivity contribution is 0.0734. The molecular weight excluding hydrogens is 472 g/mol. The molecule has 2 bridgehead atoms. The summed E-state index contributed by atoms with van der Waals surface area (Å²) in [5.74, 6) is 2.31. The molecule has 2 fully saturated rings. The molecule has 4 heterocycles. The van der Waals surface area contributed by atoms with Crippen molar-refractivity contribution in [1.29, 1.82) is 0 Å². The molecule has 4 aromatic rings. The fourth-order valence-electron chi connectivity index (χ4n) is 7.14. The first-order chi connectivity index (χ1) is 18.2. The zero-order valence-electron chi connectivity index (χ0n) is 22.1. The second-order valence-corrected chi connectivity index (χ2v) is 12.6. The first kappa shape index (κ1) is 22.4. The minimum atomic E-state index is -0.366. The van der Waals surface area contributed by atoms with E-state index in [4.69, 9.17) is 10.7 Å². The van der Waals surface area contributed by atoms with E-state index >= 15 is 0 Å². The van der Waals surface area contributed by atoms with Gasteiger partial charge in [0.15, 0.2) is 0 Å². The van der Waals surface area contributed by atoms with E-state index in [0.717, 1.165) is 71.5 Å². The van der Waals surface area contributed by atoms with Gasteiger partial charge in [-0.25, -0.2) is 15.0 Å². The van der Waals surface area contributed by atoms with Gasteiger partial charge in [0.1, 0.15) is 11.6 Å². The zero-order chi connectivity index (χ0) is 26.0. The third-order valence-corrected chi connectivity index (χ3v) is 9.83. The third-order valence-electron chi connectivity index (χ3n) is 9.83. The maximum absolute atomic E-state index is 13.6. The van der Waals surface area contributed by atoms with Crippen molar-refractivity contribution in [3.05, 3.63) is 77.1 Å². The van der Waals surface area contributed by atoms with Crippen molar-refractivity contribution >= 4 is 16.9 Å². The molecule has 1 amide bonds. The standard InChI is InChI=1S/C31H32N6O/c1-30(2)14-21(30)19-6-4-7-20-26(19)24-13-25(36(3)28(20)38)27-35-22-9-8-17(12-23(22)37(24)27)18-15-33-29(34-16-18)31(32)10-5-11-31/h4,6-9,12,15-16,21,24-25H,5,10-11,13-14,32H2,1-3H3/t21?,24-,25-/m1/s1. The lowest BCUT2D eigenvalue weighted by Gasteiger charge is -2.36. The van der Waals surface area contributed by atoms with E-state index in [2.05, 4.69) is 58.7 Å². The second kappa shape index (κ2) is 7.29. The number of nitrogens with zero attached hydrogens (tertiary/aromatic N) is 5. The van der Waals surface area contributed by atoms with E-state index in [-0.39, 0.29) is 28.9 Å². The van der Waals surface area contributed by atoms with Crippen LogP contribution in [0.25, 0.3) is 22.2 Å². The molecule has 8 rings (SSSR count).